The van der Waals surface area contributed by atoms with Crippen molar-refractivity contribution in [3.63, 3.8) is 0 Å². The van der Waals surface area contributed by atoms with Crippen molar-refractivity contribution in [1.82, 2.24) is 0 Å². The van der Waals surface area contributed by atoms with Crippen LogP contribution in [0.5, 0.6) is 5.75 Å². The van der Waals surface area contributed by atoms with E-state index in [1.165, 1.54) is 5.56 Å². The fourth-order valence-corrected chi connectivity index (χ4v) is 1.51. The molecule has 13 heavy (non-hydrogen) atoms. The molecule has 0 aliphatic heterocycles. The fraction of sp³-hybridized carbons (Fsp3) is 0.333. The van der Waals surface area contributed by atoms with E-state index >= 15 is 0 Å². The molecule has 0 aliphatic rings. The van der Waals surface area contributed by atoms with E-state index in [1.54, 1.807) is 6.07 Å². The van der Waals surface area contributed by atoms with Gasteiger partial charge in [0.15, 0.2) is 0 Å². The minimum Gasteiger partial charge on any atom is -0.508 e. The second-order valence-corrected chi connectivity index (χ2v) is 3.16. The lowest BCUT2D eigenvalue weighted by molar-refractivity contribution is 0.466. The van der Waals surface area contributed by atoms with E-state index in [0.717, 1.165) is 24.8 Å². The van der Waals surface area contributed by atoms with E-state index in [0.29, 0.717) is 5.75 Å². The molecule has 0 aromatic heterocycles. The van der Waals surface area contributed by atoms with E-state index in [9.17, 15) is 5.11 Å². The van der Waals surface area contributed by atoms with Crippen molar-refractivity contribution in [2.24, 2.45) is 0 Å². The molecule has 1 rings (SSSR count). The molecule has 1 aromatic carbocycles. The first-order chi connectivity index (χ1) is 6.29. The van der Waals surface area contributed by atoms with Crippen LogP contribution in [0.1, 0.15) is 24.5 Å². The second kappa shape index (κ2) is 4.70. The maximum atomic E-state index is 9.61. The van der Waals surface area contributed by atoms with Crippen molar-refractivity contribution in [3.05, 3.63) is 42.0 Å². The number of phenols is 1. The van der Waals surface area contributed by atoms with Crippen molar-refractivity contribution in [2.75, 3.05) is 0 Å². The van der Waals surface area contributed by atoms with Crippen LogP contribution in [0.25, 0.3) is 0 Å². The Morgan fingerprint density at radius 2 is 2.23 bits per heavy atom. The molecular formula is C12H16O. The van der Waals surface area contributed by atoms with Gasteiger partial charge < -0.3 is 5.11 Å². The first-order valence-corrected chi connectivity index (χ1v) is 4.70. The minimum absolute atomic E-state index is 0.418. The summed E-state index contributed by atoms with van der Waals surface area (Å²) in [4.78, 5) is 0. The SMILES string of the molecule is C=CCc1cccc(O)c1CCC. The standard InChI is InChI=1S/C12H16O/c1-3-6-10-8-5-9-12(13)11(10)7-4-2/h3,5,8-9,13H,1,4,6-7H2,2H3. The Morgan fingerprint density at radius 3 is 2.85 bits per heavy atom. The van der Waals surface area contributed by atoms with Gasteiger partial charge in [-0.1, -0.05) is 31.6 Å². The predicted octanol–water partition coefficient (Wildman–Crippen LogP) is 3.07. The largest absolute Gasteiger partial charge is 0.508 e. The third kappa shape index (κ3) is 2.35. The van der Waals surface area contributed by atoms with Crippen LogP contribution in [0.3, 0.4) is 0 Å². The Labute approximate surface area is 79.7 Å². The Hall–Kier alpha value is -1.24. The van der Waals surface area contributed by atoms with Gasteiger partial charge in [-0.25, -0.2) is 0 Å². The maximum absolute atomic E-state index is 9.61. The van der Waals surface area contributed by atoms with Crippen LogP contribution < -0.4 is 0 Å². The lowest BCUT2D eigenvalue weighted by atomic mass is 10.00. The molecular weight excluding hydrogens is 160 g/mol. The molecule has 0 aliphatic carbocycles. The van der Waals surface area contributed by atoms with E-state index < -0.39 is 0 Å². The van der Waals surface area contributed by atoms with Gasteiger partial charge in [0.2, 0.25) is 0 Å². The summed E-state index contributed by atoms with van der Waals surface area (Å²) in [6.45, 7) is 5.82. The van der Waals surface area contributed by atoms with Gasteiger partial charge >= 0.3 is 0 Å². The lowest BCUT2D eigenvalue weighted by Crippen LogP contribution is -1.92. The molecule has 0 radical (unpaired) electrons. The van der Waals surface area contributed by atoms with Gasteiger partial charge in [0, 0.05) is 0 Å². The zero-order chi connectivity index (χ0) is 9.68. The molecule has 1 aromatic rings. The number of rotatable bonds is 4. The molecule has 0 amide bonds. The molecule has 0 saturated heterocycles. The summed E-state index contributed by atoms with van der Waals surface area (Å²) in [5, 5.41) is 9.61. The average molecular weight is 176 g/mol. The van der Waals surface area contributed by atoms with Crippen LogP contribution in [-0.4, -0.2) is 5.11 Å². The van der Waals surface area contributed by atoms with Gasteiger partial charge in [0.05, 0.1) is 0 Å². The topological polar surface area (TPSA) is 20.2 Å². The summed E-state index contributed by atoms with van der Waals surface area (Å²) in [6, 6.07) is 5.68. The molecule has 70 valence electrons. The summed E-state index contributed by atoms with van der Waals surface area (Å²) in [6.07, 6.45) is 4.70. The normalized spacial score (nSPS) is 9.92. The molecule has 0 heterocycles. The van der Waals surface area contributed by atoms with E-state index in [1.807, 2.05) is 18.2 Å². The molecule has 0 fully saturated rings. The van der Waals surface area contributed by atoms with Crippen LogP contribution >= 0.6 is 0 Å². The molecule has 0 spiro atoms. The van der Waals surface area contributed by atoms with Crippen molar-refractivity contribution in [2.45, 2.75) is 26.2 Å². The van der Waals surface area contributed by atoms with Gasteiger partial charge in [-0.3, -0.25) is 0 Å². The van der Waals surface area contributed by atoms with Crippen LogP contribution in [0.15, 0.2) is 30.9 Å². The van der Waals surface area contributed by atoms with Crippen molar-refractivity contribution in [1.29, 1.82) is 0 Å². The average Bonchev–Trinajstić information content (AvgIpc) is 2.11. The number of allylic oxidation sites excluding steroid dienone is 1. The number of hydrogen-bond acceptors (Lipinski definition) is 1. The second-order valence-electron chi connectivity index (χ2n) is 3.16. The van der Waals surface area contributed by atoms with E-state index in [4.69, 9.17) is 0 Å². The quantitative estimate of drug-likeness (QED) is 0.699. The van der Waals surface area contributed by atoms with Crippen LogP contribution in [-0.2, 0) is 12.8 Å². The van der Waals surface area contributed by atoms with E-state index in [-0.39, 0.29) is 0 Å². The smallest absolute Gasteiger partial charge is 0.119 e. The number of aromatic hydroxyl groups is 1. The van der Waals surface area contributed by atoms with Crippen molar-refractivity contribution >= 4 is 0 Å². The summed E-state index contributed by atoms with van der Waals surface area (Å²) in [7, 11) is 0. The van der Waals surface area contributed by atoms with Crippen LogP contribution in [0.4, 0.5) is 0 Å². The highest BCUT2D eigenvalue weighted by molar-refractivity contribution is 5.40. The molecule has 1 nitrogen and oxygen atoms in total. The van der Waals surface area contributed by atoms with Gasteiger partial charge in [-0.05, 0) is 30.0 Å². The first-order valence-electron chi connectivity index (χ1n) is 4.70. The molecule has 0 unspecified atom stereocenters. The Balaban J connectivity index is 3.01. The molecule has 1 heteroatoms. The highest BCUT2D eigenvalue weighted by Crippen LogP contribution is 2.23. The third-order valence-electron chi connectivity index (χ3n) is 2.11. The first kappa shape index (κ1) is 9.85. The zero-order valence-corrected chi connectivity index (χ0v) is 8.09. The summed E-state index contributed by atoms with van der Waals surface area (Å²) >= 11 is 0. The van der Waals surface area contributed by atoms with Crippen molar-refractivity contribution in [3.8, 4) is 5.75 Å². The Morgan fingerprint density at radius 1 is 1.46 bits per heavy atom. The summed E-state index contributed by atoms with van der Waals surface area (Å²) in [5.74, 6) is 0.418. The number of phenolic OH excluding ortho intramolecular Hbond substituents is 1. The molecule has 0 saturated carbocycles. The number of benzene rings is 1. The lowest BCUT2D eigenvalue weighted by Gasteiger charge is -2.08. The minimum atomic E-state index is 0.418. The monoisotopic (exact) mass is 176 g/mol. The Kier molecular flexibility index (Phi) is 3.56. The third-order valence-corrected chi connectivity index (χ3v) is 2.11. The van der Waals surface area contributed by atoms with E-state index in [2.05, 4.69) is 13.5 Å². The fourth-order valence-electron chi connectivity index (χ4n) is 1.51. The molecule has 0 atom stereocenters. The maximum Gasteiger partial charge on any atom is 0.119 e. The van der Waals surface area contributed by atoms with Crippen LogP contribution in [0.2, 0.25) is 0 Å². The van der Waals surface area contributed by atoms with Crippen molar-refractivity contribution < 1.29 is 5.11 Å². The van der Waals surface area contributed by atoms with Gasteiger partial charge in [0.1, 0.15) is 5.75 Å². The predicted molar refractivity (Wildman–Crippen MR) is 56.0 cm³/mol. The summed E-state index contributed by atoms with van der Waals surface area (Å²) in [5.41, 5.74) is 2.27. The molecule has 1 N–H and O–H groups in total. The highest BCUT2D eigenvalue weighted by atomic mass is 16.3. The van der Waals surface area contributed by atoms with Crippen LogP contribution in [0, 0.1) is 0 Å². The zero-order valence-electron chi connectivity index (χ0n) is 8.09. The molecule has 0 bridgehead atoms. The Bertz CT molecular complexity index is 289. The number of hydrogen-bond donors (Lipinski definition) is 1. The highest BCUT2D eigenvalue weighted by Gasteiger charge is 2.04. The van der Waals surface area contributed by atoms with Gasteiger partial charge in [-0.2, -0.15) is 0 Å². The summed E-state index contributed by atoms with van der Waals surface area (Å²) < 4.78 is 0. The van der Waals surface area contributed by atoms with Gasteiger partial charge in [-0.15, -0.1) is 6.58 Å². The van der Waals surface area contributed by atoms with Gasteiger partial charge in [0.25, 0.3) is 0 Å².